The summed E-state index contributed by atoms with van der Waals surface area (Å²) >= 11 is 0. The first kappa shape index (κ1) is 14.3. The lowest BCUT2D eigenvalue weighted by molar-refractivity contribution is 0.173. The van der Waals surface area contributed by atoms with Crippen molar-refractivity contribution in [3.8, 4) is 0 Å². The highest BCUT2D eigenvalue weighted by molar-refractivity contribution is 5.24. The van der Waals surface area contributed by atoms with Crippen molar-refractivity contribution < 1.29 is 0 Å². The molecule has 3 rings (SSSR count). The summed E-state index contributed by atoms with van der Waals surface area (Å²) in [6, 6.07) is 22.7. The zero-order valence-electron chi connectivity index (χ0n) is 12.5. The zero-order valence-corrected chi connectivity index (χ0v) is 12.5. The molecule has 1 aliphatic rings. The molecule has 0 amide bonds. The van der Waals surface area contributed by atoms with E-state index in [4.69, 9.17) is 5.73 Å². The molecule has 0 saturated carbocycles. The largest absolute Gasteiger partial charge is 0.330 e. The summed E-state index contributed by atoms with van der Waals surface area (Å²) in [5.41, 5.74) is 8.72. The number of likely N-dealkylation sites (tertiary alicyclic amines) is 1. The molecular weight excluding hydrogens is 256 g/mol. The predicted octanol–water partition coefficient (Wildman–Crippen LogP) is 3.91. The highest BCUT2D eigenvalue weighted by atomic mass is 15.2. The van der Waals surface area contributed by atoms with Crippen molar-refractivity contribution in [2.75, 3.05) is 13.1 Å². The van der Waals surface area contributed by atoms with Gasteiger partial charge in [-0.3, -0.25) is 4.90 Å². The third-order valence-corrected chi connectivity index (χ3v) is 4.50. The van der Waals surface area contributed by atoms with Gasteiger partial charge in [0.05, 0.1) is 0 Å². The molecule has 2 heteroatoms. The Labute approximate surface area is 127 Å². The number of hydrogen-bond donors (Lipinski definition) is 1. The summed E-state index contributed by atoms with van der Waals surface area (Å²) in [5, 5.41) is 0. The van der Waals surface area contributed by atoms with E-state index in [0.717, 1.165) is 13.0 Å². The normalized spacial score (nSPS) is 20.5. The van der Waals surface area contributed by atoms with E-state index in [1.807, 2.05) is 0 Å². The smallest absolute Gasteiger partial charge is 0.0366 e. The van der Waals surface area contributed by atoms with Crippen LogP contribution < -0.4 is 5.73 Å². The summed E-state index contributed by atoms with van der Waals surface area (Å²) in [5.74, 6) is 0. The topological polar surface area (TPSA) is 29.3 Å². The van der Waals surface area contributed by atoms with Gasteiger partial charge in [0.1, 0.15) is 0 Å². The monoisotopic (exact) mass is 280 g/mol. The average Bonchev–Trinajstić information content (AvgIpc) is 3.03. The van der Waals surface area contributed by atoms with Gasteiger partial charge >= 0.3 is 0 Å². The SMILES string of the molecule is NCCC(c1ccccc1)N1CCCC1c1ccccc1. The second-order valence-electron chi connectivity index (χ2n) is 5.81. The summed E-state index contributed by atoms with van der Waals surface area (Å²) in [6.45, 7) is 1.90. The van der Waals surface area contributed by atoms with Gasteiger partial charge in [-0.1, -0.05) is 60.7 Å². The molecule has 0 aliphatic carbocycles. The molecule has 0 spiro atoms. The fourth-order valence-electron chi connectivity index (χ4n) is 3.55. The first-order chi connectivity index (χ1) is 10.4. The number of benzene rings is 2. The van der Waals surface area contributed by atoms with Crippen LogP contribution in [0.4, 0.5) is 0 Å². The summed E-state index contributed by atoms with van der Waals surface area (Å²) < 4.78 is 0. The summed E-state index contributed by atoms with van der Waals surface area (Å²) in [7, 11) is 0. The van der Waals surface area contributed by atoms with E-state index >= 15 is 0 Å². The highest BCUT2D eigenvalue weighted by Gasteiger charge is 2.31. The minimum Gasteiger partial charge on any atom is -0.330 e. The fourth-order valence-corrected chi connectivity index (χ4v) is 3.55. The number of nitrogens with two attached hydrogens (primary N) is 1. The van der Waals surface area contributed by atoms with Gasteiger partial charge < -0.3 is 5.73 Å². The number of rotatable bonds is 5. The maximum atomic E-state index is 5.89. The van der Waals surface area contributed by atoms with Crippen LogP contribution in [0.2, 0.25) is 0 Å². The van der Waals surface area contributed by atoms with Gasteiger partial charge in [0.25, 0.3) is 0 Å². The molecule has 21 heavy (non-hydrogen) atoms. The Bertz CT molecular complexity index is 538. The van der Waals surface area contributed by atoms with Crippen LogP contribution in [0.5, 0.6) is 0 Å². The van der Waals surface area contributed by atoms with Crippen LogP contribution in [0.1, 0.15) is 42.5 Å². The molecule has 1 heterocycles. The second-order valence-corrected chi connectivity index (χ2v) is 5.81. The van der Waals surface area contributed by atoms with Gasteiger partial charge in [-0.25, -0.2) is 0 Å². The highest BCUT2D eigenvalue weighted by Crippen LogP contribution is 2.39. The molecule has 2 atom stereocenters. The lowest BCUT2D eigenvalue weighted by atomic mass is 9.98. The maximum absolute atomic E-state index is 5.89. The standard InChI is InChI=1S/C19H24N2/c20-14-13-19(17-10-5-2-6-11-17)21-15-7-12-18(21)16-8-3-1-4-9-16/h1-6,8-11,18-19H,7,12-15,20H2. The van der Waals surface area contributed by atoms with Crippen LogP contribution in [0.3, 0.4) is 0 Å². The molecule has 0 bridgehead atoms. The molecule has 2 N–H and O–H groups in total. The van der Waals surface area contributed by atoms with Gasteiger partial charge in [0, 0.05) is 12.1 Å². The molecule has 2 nitrogen and oxygen atoms in total. The molecule has 2 aromatic carbocycles. The summed E-state index contributed by atoms with van der Waals surface area (Å²) in [4.78, 5) is 2.65. The molecule has 1 fully saturated rings. The van der Waals surface area contributed by atoms with Crippen molar-refractivity contribution >= 4 is 0 Å². The lowest BCUT2D eigenvalue weighted by Gasteiger charge is -2.33. The quantitative estimate of drug-likeness (QED) is 0.899. The van der Waals surface area contributed by atoms with Gasteiger partial charge in [-0.2, -0.15) is 0 Å². The van der Waals surface area contributed by atoms with Gasteiger partial charge in [0.15, 0.2) is 0 Å². The lowest BCUT2D eigenvalue weighted by Crippen LogP contribution is -2.30. The minimum absolute atomic E-state index is 0.434. The third kappa shape index (κ3) is 3.17. The Morgan fingerprint density at radius 2 is 1.67 bits per heavy atom. The molecule has 1 saturated heterocycles. The number of nitrogens with zero attached hydrogens (tertiary/aromatic N) is 1. The molecule has 2 unspecified atom stereocenters. The Morgan fingerprint density at radius 3 is 2.33 bits per heavy atom. The van der Waals surface area contributed by atoms with Crippen molar-refractivity contribution in [1.29, 1.82) is 0 Å². The Hall–Kier alpha value is -1.64. The molecular formula is C19H24N2. The predicted molar refractivity (Wildman–Crippen MR) is 88.0 cm³/mol. The number of hydrogen-bond acceptors (Lipinski definition) is 2. The van der Waals surface area contributed by atoms with E-state index in [-0.39, 0.29) is 0 Å². The van der Waals surface area contributed by atoms with Gasteiger partial charge in [-0.05, 0) is 43.5 Å². The van der Waals surface area contributed by atoms with Crippen LogP contribution in [0.15, 0.2) is 60.7 Å². The van der Waals surface area contributed by atoms with E-state index in [1.165, 1.54) is 30.5 Å². The van der Waals surface area contributed by atoms with Gasteiger partial charge in [0.2, 0.25) is 0 Å². The second kappa shape index (κ2) is 6.88. The van der Waals surface area contributed by atoms with E-state index < -0.39 is 0 Å². The molecule has 110 valence electrons. The first-order valence-corrected chi connectivity index (χ1v) is 7.96. The van der Waals surface area contributed by atoms with Crippen molar-refractivity contribution in [2.24, 2.45) is 5.73 Å². The molecule has 2 aromatic rings. The Kier molecular flexibility index (Phi) is 4.69. The molecule has 1 aliphatic heterocycles. The third-order valence-electron chi connectivity index (χ3n) is 4.50. The van der Waals surface area contributed by atoms with E-state index in [0.29, 0.717) is 12.1 Å². The summed E-state index contributed by atoms with van der Waals surface area (Å²) in [6.07, 6.45) is 3.54. The van der Waals surface area contributed by atoms with E-state index in [1.54, 1.807) is 0 Å². The fraction of sp³-hybridized carbons (Fsp3) is 0.368. The van der Waals surface area contributed by atoms with Crippen LogP contribution in [-0.4, -0.2) is 18.0 Å². The first-order valence-electron chi connectivity index (χ1n) is 7.96. The van der Waals surface area contributed by atoms with E-state index in [2.05, 4.69) is 65.6 Å². The van der Waals surface area contributed by atoms with Crippen LogP contribution in [0, 0.1) is 0 Å². The van der Waals surface area contributed by atoms with Crippen LogP contribution >= 0.6 is 0 Å². The zero-order chi connectivity index (χ0) is 14.5. The van der Waals surface area contributed by atoms with Gasteiger partial charge in [-0.15, -0.1) is 0 Å². The Balaban J connectivity index is 1.88. The van der Waals surface area contributed by atoms with E-state index in [9.17, 15) is 0 Å². The van der Waals surface area contributed by atoms with Crippen LogP contribution in [-0.2, 0) is 0 Å². The molecule has 0 radical (unpaired) electrons. The minimum atomic E-state index is 0.434. The van der Waals surface area contributed by atoms with Crippen molar-refractivity contribution in [3.63, 3.8) is 0 Å². The Morgan fingerprint density at radius 1 is 1.00 bits per heavy atom. The van der Waals surface area contributed by atoms with Crippen molar-refractivity contribution in [2.45, 2.75) is 31.3 Å². The molecule has 0 aromatic heterocycles. The van der Waals surface area contributed by atoms with Crippen molar-refractivity contribution in [3.05, 3.63) is 71.8 Å². The van der Waals surface area contributed by atoms with Crippen molar-refractivity contribution in [1.82, 2.24) is 4.90 Å². The maximum Gasteiger partial charge on any atom is 0.0366 e. The van der Waals surface area contributed by atoms with Crippen LogP contribution in [0.25, 0.3) is 0 Å². The average molecular weight is 280 g/mol.